The molecule has 2 heterocycles. The number of rotatable bonds is 0. The van der Waals surface area contributed by atoms with Gasteiger partial charge in [0, 0.05) is 23.0 Å². The lowest BCUT2D eigenvalue weighted by atomic mass is 9.53. The molecule has 0 bridgehead atoms. The van der Waals surface area contributed by atoms with E-state index < -0.39 is 0 Å². The zero-order valence-electron chi connectivity index (χ0n) is 12.1. The zero-order valence-corrected chi connectivity index (χ0v) is 12.1. The summed E-state index contributed by atoms with van der Waals surface area (Å²) in [5.41, 5.74) is 3.63. The van der Waals surface area contributed by atoms with Crippen molar-refractivity contribution in [2.75, 3.05) is 0 Å². The molecule has 4 unspecified atom stereocenters. The summed E-state index contributed by atoms with van der Waals surface area (Å²) >= 11 is 0. The Morgan fingerprint density at radius 3 is 2.91 bits per heavy atom. The standard InChI is InChI=1S/C20H16O2/c1-2-7-16-15(6-1)17-13-21-11-9-18(17)20-10-4-3-5-14(20)8-12-22-19(16)20/h1-14,18-19H. The van der Waals surface area contributed by atoms with Gasteiger partial charge in [0.15, 0.2) is 0 Å². The first kappa shape index (κ1) is 12.1. The van der Waals surface area contributed by atoms with Crippen LogP contribution >= 0.6 is 0 Å². The van der Waals surface area contributed by atoms with E-state index in [1.807, 2.05) is 12.5 Å². The summed E-state index contributed by atoms with van der Waals surface area (Å²) in [6.07, 6.45) is 18.8. The van der Waals surface area contributed by atoms with Gasteiger partial charge in [0.05, 0.1) is 24.2 Å². The van der Waals surface area contributed by atoms with Crippen LogP contribution in [-0.4, -0.2) is 0 Å². The maximum Gasteiger partial charge on any atom is 0.134 e. The van der Waals surface area contributed by atoms with E-state index in [1.54, 1.807) is 6.26 Å². The fourth-order valence-electron chi connectivity index (χ4n) is 4.39. The van der Waals surface area contributed by atoms with Crippen LogP contribution in [0.4, 0.5) is 0 Å². The molecule has 2 aliphatic carbocycles. The van der Waals surface area contributed by atoms with Crippen molar-refractivity contribution in [3.05, 3.63) is 90.6 Å². The third-order valence-electron chi connectivity index (χ3n) is 5.32. The molecule has 0 aromatic heterocycles. The molecular weight excluding hydrogens is 272 g/mol. The van der Waals surface area contributed by atoms with Gasteiger partial charge in [-0.3, -0.25) is 0 Å². The normalized spacial score (nSPS) is 36.2. The van der Waals surface area contributed by atoms with Crippen molar-refractivity contribution in [2.24, 2.45) is 17.3 Å². The Bertz CT molecular complexity index is 781. The predicted molar refractivity (Wildman–Crippen MR) is 85.3 cm³/mol. The summed E-state index contributed by atoms with van der Waals surface area (Å²) in [6, 6.07) is 8.52. The van der Waals surface area contributed by atoms with Crippen LogP contribution in [0.3, 0.4) is 0 Å². The molecule has 1 aromatic rings. The molecule has 1 aromatic carbocycles. The van der Waals surface area contributed by atoms with Crippen LogP contribution in [0, 0.1) is 17.3 Å². The van der Waals surface area contributed by atoms with Crippen LogP contribution in [0.5, 0.6) is 0 Å². The first-order valence-electron chi connectivity index (χ1n) is 7.71. The first-order chi connectivity index (χ1) is 10.9. The third kappa shape index (κ3) is 1.35. The Morgan fingerprint density at radius 2 is 1.91 bits per heavy atom. The molecule has 0 N–H and O–H groups in total. The van der Waals surface area contributed by atoms with Crippen molar-refractivity contribution in [3.63, 3.8) is 0 Å². The second kappa shape index (κ2) is 4.26. The van der Waals surface area contributed by atoms with E-state index in [1.165, 1.54) is 16.7 Å². The molecule has 2 aliphatic heterocycles. The minimum Gasteiger partial charge on any atom is -0.493 e. The van der Waals surface area contributed by atoms with Crippen molar-refractivity contribution >= 4 is 5.57 Å². The van der Waals surface area contributed by atoms with E-state index in [-0.39, 0.29) is 17.4 Å². The van der Waals surface area contributed by atoms with Gasteiger partial charge in [0.25, 0.3) is 0 Å². The number of fused-ring (bicyclic) bond motifs is 4. The predicted octanol–water partition coefficient (Wildman–Crippen LogP) is 4.51. The molecule has 4 aliphatic rings. The molecule has 22 heavy (non-hydrogen) atoms. The second-order valence-electron chi connectivity index (χ2n) is 6.22. The Morgan fingerprint density at radius 1 is 0.955 bits per heavy atom. The quantitative estimate of drug-likeness (QED) is 0.699. The smallest absolute Gasteiger partial charge is 0.134 e. The first-order valence-corrected chi connectivity index (χ1v) is 7.71. The summed E-state index contributed by atoms with van der Waals surface area (Å²) in [5.74, 6) is 0.595. The van der Waals surface area contributed by atoms with Crippen LogP contribution in [0.1, 0.15) is 17.2 Å². The van der Waals surface area contributed by atoms with Gasteiger partial charge in [-0.15, -0.1) is 0 Å². The van der Waals surface area contributed by atoms with Gasteiger partial charge < -0.3 is 9.47 Å². The number of ether oxygens (including phenoxy) is 2. The lowest BCUT2D eigenvalue weighted by Gasteiger charge is -2.53. The molecule has 2 nitrogen and oxygen atoms in total. The maximum absolute atomic E-state index is 6.15. The van der Waals surface area contributed by atoms with Gasteiger partial charge in [0.2, 0.25) is 0 Å². The van der Waals surface area contributed by atoms with E-state index in [0.29, 0.717) is 5.92 Å². The van der Waals surface area contributed by atoms with Gasteiger partial charge in [-0.25, -0.2) is 0 Å². The highest BCUT2D eigenvalue weighted by Gasteiger charge is 2.56. The van der Waals surface area contributed by atoms with E-state index in [2.05, 4.69) is 60.7 Å². The fraction of sp³-hybridized carbons (Fsp3) is 0.200. The number of hydrogen-bond acceptors (Lipinski definition) is 2. The molecular formula is C20H16O2. The topological polar surface area (TPSA) is 18.5 Å². The van der Waals surface area contributed by atoms with Crippen molar-refractivity contribution in [1.29, 1.82) is 0 Å². The maximum atomic E-state index is 6.15. The number of hydrogen-bond donors (Lipinski definition) is 0. The molecule has 4 atom stereocenters. The van der Waals surface area contributed by atoms with E-state index in [4.69, 9.17) is 9.47 Å². The van der Waals surface area contributed by atoms with E-state index >= 15 is 0 Å². The molecule has 108 valence electrons. The number of allylic oxidation sites excluding steroid dienone is 6. The summed E-state index contributed by atoms with van der Waals surface area (Å²) in [4.78, 5) is 0. The Hall–Kier alpha value is -2.48. The van der Waals surface area contributed by atoms with Gasteiger partial charge in [0.1, 0.15) is 6.10 Å². The minimum absolute atomic E-state index is 0.0322. The molecule has 1 spiro atoms. The Labute approximate surface area is 129 Å². The van der Waals surface area contributed by atoms with Gasteiger partial charge in [-0.05, 0) is 17.7 Å². The Balaban J connectivity index is 1.83. The average Bonchev–Trinajstić information content (AvgIpc) is 2.61. The highest BCUT2D eigenvalue weighted by molar-refractivity contribution is 5.76. The third-order valence-corrected chi connectivity index (χ3v) is 5.32. The van der Waals surface area contributed by atoms with E-state index in [9.17, 15) is 0 Å². The number of benzene rings is 1. The summed E-state index contributed by atoms with van der Waals surface area (Å²) in [6.45, 7) is 0. The van der Waals surface area contributed by atoms with Crippen molar-refractivity contribution in [2.45, 2.75) is 6.10 Å². The van der Waals surface area contributed by atoms with Crippen LogP contribution < -0.4 is 0 Å². The molecule has 0 fully saturated rings. The molecule has 2 heteroatoms. The monoisotopic (exact) mass is 288 g/mol. The van der Waals surface area contributed by atoms with Crippen LogP contribution in [0.15, 0.2) is 79.5 Å². The van der Waals surface area contributed by atoms with Crippen molar-refractivity contribution in [1.82, 2.24) is 0 Å². The molecule has 0 radical (unpaired) electrons. The lowest BCUT2D eigenvalue weighted by molar-refractivity contribution is -0.0144. The summed E-state index contributed by atoms with van der Waals surface area (Å²) in [7, 11) is 0. The van der Waals surface area contributed by atoms with Crippen molar-refractivity contribution in [3.8, 4) is 0 Å². The highest BCUT2D eigenvalue weighted by Crippen LogP contribution is 2.62. The zero-order chi connectivity index (χ0) is 14.6. The van der Waals surface area contributed by atoms with Crippen LogP contribution in [-0.2, 0) is 9.47 Å². The summed E-state index contributed by atoms with van der Waals surface area (Å²) in [5, 5.41) is 0. The molecule has 5 rings (SSSR count). The van der Waals surface area contributed by atoms with Crippen LogP contribution in [0.25, 0.3) is 5.57 Å². The van der Waals surface area contributed by atoms with Crippen molar-refractivity contribution < 1.29 is 9.47 Å². The highest BCUT2D eigenvalue weighted by atomic mass is 16.5. The van der Waals surface area contributed by atoms with E-state index in [0.717, 1.165) is 0 Å². The van der Waals surface area contributed by atoms with Crippen LogP contribution in [0.2, 0.25) is 0 Å². The fourth-order valence-corrected chi connectivity index (χ4v) is 4.39. The van der Waals surface area contributed by atoms with Gasteiger partial charge in [-0.2, -0.15) is 0 Å². The average molecular weight is 288 g/mol. The largest absolute Gasteiger partial charge is 0.493 e. The minimum atomic E-state index is -0.107. The Kier molecular flexibility index (Phi) is 2.34. The second-order valence-corrected chi connectivity index (χ2v) is 6.22. The van der Waals surface area contributed by atoms with Gasteiger partial charge in [-0.1, -0.05) is 48.6 Å². The lowest BCUT2D eigenvalue weighted by Crippen LogP contribution is -2.47. The molecule has 0 saturated heterocycles. The molecule has 0 saturated carbocycles. The summed E-state index contributed by atoms with van der Waals surface area (Å²) < 4.78 is 11.7. The molecule has 0 amide bonds. The SMILES string of the molecule is C1=CC2C=COC3c4ccccc4C4=COC=CC4C23C=C1. The van der Waals surface area contributed by atoms with Gasteiger partial charge >= 0.3 is 0 Å².